The average Bonchev–Trinajstić information content (AvgIpc) is 2.69. The maximum absolute atomic E-state index is 12.0. The second kappa shape index (κ2) is 8.94. The van der Waals surface area contributed by atoms with Crippen LogP contribution in [0, 0.1) is 6.92 Å². The van der Waals surface area contributed by atoms with Gasteiger partial charge in [-0.25, -0.2) is 4.79 Å². The van der Waals surface area contributed by atoms with Gasteiger partial charge in [0.25, 0.3) is 5.56 Å². The lowest BCUT2D eigenvalue weighted by molar-refractivity contribution is 0.200. The molecule has 0 aliphatic heterocycles. The van der Waals surface area contributed by atoms with Crippen LogP contribution in [0.15, 0.2) is 53.7 Å². The van der Waals surface area contributed by atoms with Gasteiger partial charge in [0, 0.05) is 48.0 Å². The van der Waals surface area contributed by atoms with E-state index in [1.807, 2.05) is 32.0 Å². The standard InChI is InChI=1S/C21H22N4O3/c1-3-16-12-18(14(2)25-20(16)26)19-13-17(7-11-23-19)28-21(27)24-10-6-15-4-8-22-9-5-15/h4-5,7-9,11-13H,3,6,10H2,1-2H3,(H,24,27)(H,25,26). The third kappa shape index (κ3) is 4.82. The predicted molar refractivity (Wildman–Crippen MR) is 106 cm³/mol. The highest BCUT2D eigenvalue weighted by Gasteiger charge is 2.11. The monoisotopic (exact) mass is 378 g/mol. The summed E-state index contributed by atoms with van der Waals surface area (Å²) >= 11 is 0. The summed E-state index contributed by atoms with van der Waals surface area (Å²) in [5.74, 6) is 0.384. The van der Waals surface area contributed by atoms with Gasteiger partial charge in [-0.3, -0.25) is 14.8 Å². The zero-order valence-corrected chi connectivity index (χ0v) is 15.9. The van der Waals surface area contributed by atoms with Crippen molar-refractivity contribution in [3.05, 3.63) is 76.1 Å². The van der Waals surface area contributed by atoms with E-state index in [4.69, 9.17) is 4.74 Å². The third-order valence-corrected chi connectivity index (χ3v) is 4.35. The minimum absolute atomic E-state index is 0.0928. The number of carbonyl (C=O) groups excluding carboxylic acids is 1. The smallest absolute Gasteiger partial charge is 0.410 e. The van der Waals surface area contributed by atoms with Crippen molar-refractivity contribution in [3.8, 4) is 17.0 Å². The number of hydrogen-bond donors (Lipinski definition) is 2. The van der Waals surface area contributed by atoms with Gasteiger partial charge in [-0.15, -0.1) is 0 Å². The van der Waals surface area contributed by atoms with Crippen molar-refractivity contribution in [2.24, 2.45) is 0 Å². The SMILES string of the molecule is CCc1cc(-c2cc(OC(=O)NCCc3ccncc3)ccn2)c(C)[nH]c1=O. The summed E-state index contributed by atoms with van der Waals surface area (Å²) in [4.78, 5) is 35.1. The van der Waals surface area contributed by atoms with Crippen LogP contribution < -0.4 is 15.6 Å². The van der Waals surface area contributed by atoms with Crippen LogP contribution in [0.25, 0.3) is 11.3 Å². The van der Waals surface area contributed by atoms with Crippen molar-refractivity contribution >= 4 is 6.09 Å². The Morgan fingerprint density at radius 3 is 2.71 bits per heavy atom. The molecule has 0 atom stereocenters. The molecule has 28 heavy (non-hydrogen) atoms. The molecule has 0 spiro atoms. The van der Waals surface area contributed by atoms with Gasteiger partial charge >= 0.3 is 6.09 Å². The highest BCUT2D eigenvalue weighted by Crippen LogP contribution is 2.23. The fourth-order valence-electron chi connectivity index (χ4n) is 2.82. The number of nitrogens with one attached hydrogen (secondary N) is 2. The van der Waals surface area contributed by atoms with E-state index in [1.165, 1.54) is 0 Å². The van der Waals surface area contributed by atoms with Crippen LogP contribution in [0.4, 0.5) is 4.79 Å². The first kappa shape index (κ1) is 19.3. The fraction of sp³-hybridized carbons (Fsp3) is 0.238. The first-order chi connectivity index (χ1) is 13.6. The number of nitrogens with zero attached hydrogens (tertiary/aromatic N) is 2. The van der Waals surface area contributed by atoms with Crippen molar-refractivity contribution in [1.29, 1.82) is 0 Å². The van der Waals surface area contributed by atoms with Crippen molar-refractivity contribution in [1.82, 2.24) is 20.3 Å². The molecule has 3 heterocycles. The number of aromatic amines is 1. The number of rotatable bonds is 6. The molecular formula is C21H22N4O3. The lowest BCUT2D eigenvalue weighted by Crippen LogP contribution is -2.28. The van der Waals surface area contributed by atoms with Crippen LogP contribution in [-0.4, -0.2) is 27.6 Å². The molecule has 0 aliphatic rings. The van der Waals surface area contributed by atoms with E-state index >= 15 is 0 Å². The van der Waals surface area contributed by atoms with Gasteiger partial charge in [0.15, 0.2) is 0 Å². The number of ether oxygens (including phenoxy) is 1. The fourth-order valence-corrected chi connectivity index (χ4v) is 2.82. The second-order valence-electron chi connectivity index (χ2n) is 6.31. The molecule has 3 rings (SSSR count). The Morgan fingerprint density at radius 1 is 1.18 bits per heavy atom. The molecule has 0 aromatic carbocycles. The van der Waals surface area contributed by atoms with E-state index in [0.29, 0.717) is 42.1 Å². The van der Waals surface area contributed by atoms with Gasteiger partial charge in [-0.05, 0) is 49.6 Å². The predicted octanol–water partition coefficient (Wildman–Crippen LogP) is 3.03. The van der Waals surface area contributed by atoms with Gasteiger partial charge < -0.3 is 15.0 Å². The van der Waals surface area contributed by atoms with Crippen LogP contribution in [0.2, 0.25) is 0 Å². The van der Waals surface area contributed by atoms with E-state index in [9.17, 15) is 9.59 Å². The van der Waals surface area contributed by atoms with E-state index < -0.39 is 6.09 Å². The first-order valence-electron chi connectivity index (χ1n) is 9.10. The lowest BCUT2D eigenvalue weighted by Gasteiger charge is -2.10. The number of H-pyrrole nitrogens is 1. The molecule has 0 saturated heterocycles. The molecule has 0 aliphatic carbocycles. The molecule has 7 heteroatoms. The summed E-state index contributed by atoms with van der Waals surface area (Å²) in [6.45, 7) is 4.20. The molecule has 0 fully saturated rings. The molecule has 0 unspecified atom stereocenters. The first-order valence-corrected chi connectivity index (χ1v) is 9.10. The minimum atomic E-state index is -0.529. The van der Waals surface area contributed by atoms with E-state index in [1.54, 1.807) is 30.7 Å². The maximum atomic E-state index is 12.0. The third-order valence-electron chi connectivity index (χ3n) is 4.35. The van der Waals surface area contributed by atoms with Crippen LogP contribution in [0.1, 0.15) is 23.7 Å². The molecule has 2 N–H and O–H groups in total. The molecule has 1 amide bonds. The Hall–Kier alpha value is -3.48. The number of aromatic nitrogens is 3. The Kier molecular flexibility index (Phi) is 6.16. The molecule has 3 aromatic heterocycles. The number of carbonyl (C=O) groups is 1. The van der Waals surface area contributed by atoms with Crippen LogP contribution >= 0.6 is 0 Å². The van der Waals surface area contributed by atoms with Crippen molar-refractivity contribution < 1.29 is 9.53 Å². The van der Waals surface area contributed by atoms with Crippen LogP contribution in [0.3, 0.4) is 0 Å². The van der Waals surface area contributed by atoms with Gasteiger partial charge in [-0.2, -0.15) is 0 Å². The maximum Gasteiger partial charge on any atom is 0.412 e. The highest BCUT2D eigenvalue weighted by molar-refractivity contribution is 5.71. The summed E-state index contributed by atoms with van der Waals surface area (Å²) in [5.41, 5.74) is 3.83. The molecule has 144 valence electrons. The van der Waals surface area contributed by atoms with Crippen molar-refractivity contribution in [3.63, 3.8) is 0 Å². The minimum Gasteiger partial charge on any atom is -0.410 e. The summed E-state index contributed by atoms with van der Waals surface area (Å²) < 4.78 is 5.36. The number of hydrogen-bond acceptors (Lipinski definition) is 5. The van der Waals surface area contributed by atoms with E-state index in [0.717, 1.165) is 11.1 Å². The average molecular weight is 378 g/mol. The van der Waals surface area contributed by atoms with Gasteiger partial charge in [-0.1, -0.05) is 6.92 Å². The van der Waals surface area contributed by atoms with Crippen LogP contribution in [0.5, 0.6) is 5.75 Å². The van der Waals surface area contributed by atoms with Gasteiger partial charge in [0.05, 0.1) is 5.69 Å². The Balaban J connectivity index is 1.66. The largest absolute Gasteiger partial charge is 0.412 e. The molecule has 7 nitrogen and oxygen atoms in total. The number of amides is 1. The Morgan fingerprint density at radius 2 is 1.96 bits per heavy atom. The number of aryl methyl sites for hydroxylation is 2. The zero-order valence-electron chi connectivity index (χ0n) is 15.9. The quantitative estimate of drug-likeness (QED) is 0.687. The normalized spacial score (nSPS) is 10.5. The summed E-state index contributed by atoms with van der Waals surface area (Å²) in [7, 11) is 0. The van der Waals surface area contributed by atoms with Crippen molar-refractivity contribution in [2.75, 3.05) is 6.54 Å². The molecule has 3 aromatic rings. The lowest BCUT2D eigenvalue weighted by atomic mass is 10.1. The van der Waals surface area contributed by atoms with E-state index in [2.05, 4.69) is 20.3 Å². The topological polar surface area (TPSA) is 97.0 Å². The Labute approximate surface area is 162 Å². The second-order valence-corrected chi connectivity index (χ2v) is 6.31. The van der Waals surface area contributed by atoms with Crippen molar-refractivity contribution in [2.45, 2.75) is 26.7 Å². The summed E-state index contributed by atoms with van der Waals surface area (Å²) in [6.07, 6.45) is 5.79. The Bertz CT molecular complexity index is 1020. The summed E-state index contributed by atoms with van der Waals surface area (Å²) in [5, 5.41) is 2.73. The van der Waals surface area contributed by atoms with Gasteiger partial charge in [0.2, 0.25) is 0 Å². The molecular weight excluding hydrogens is 356 g/mol. The molecule has 0 radical (unpaired) electrons. The molecule has 0 bridgehead atoms. The zero-order chi connectivity index (χ0) is 19.9. The summed E-state index contributed by atoms with van der Waals surface area (Å²) in [6, 6.07) is 8.93. The van der Waals surface area contributed by atoms with Crippen LogP contribution in [-0.2, 0) is 12.8 Å². The number of pyridine rings is 3. The van der Waals surface area contributed by atoms with E-state index in [-0.39, 0.29) is 5.56 Å². The van der Waals surface area contributed by atoms with Gasteiger partial charge in [0.1, 0.15) is 5.75 Å². The highest BCUT2D eigenvalue weighted by atomic mass is 16.6. The molecule has 0 saturated carbocycles.